The number of carbonyl (C=O) groups excluding carboxylic acids is 3. The second kappa shape index (κ2) is 12.4. The summed E-state index contributed by atoms with van der Waals surface area (Å²) in [6.07, 6.45) is 1.52. The first-order valence-electron chi connectivity index (χ1n) is 13.0. The third-order valence-electron chi connectivity index (χ3n) is 7.09. The molecule has 2 N–H and O–H groups in total. The van der Waals surface area contributed by atoms with Gasteiger partial charge in [-0.2, -0.15) is 0 Å². The largest absolute Gasteiger partial charge is 0.508 e. The van der Waals surface area contributed by atoms with Crippen molar-refractivity contribution in [1.82, 2.24) is 4.90 Å². The van der Waals surface area contributed by atoms with E-state index in [1.807, 2.05) is 54.6 Å². The molecule has 0 bridgehead atoms. The molecule has 1 heterocycles. The summed E-state index contributed by atoms with van der Waals surface area (Å²) in [7, 11) is 0. The van der Waals surface area contributed by atoms with Crippen molar-refractivity contribution < 1.29 is 24.2 Å². The maximum atomic E-state index is 13.6. The number of likely N-dealkylation sites (tertiary alicyclic amines) is 1. The highest BCUT2D eigenvalue weighted by atomic mass is 16.5. The summed E-state index contributed by atoms with van der Waals surface area (Å²) >= 11 is 0. The average Bonchev–Trinajstić information content (AvgIpc) is 3.36. The Morgan fingerprint density at radius 1 is 1.00 bits per heavy atom. The molecule has 1 aliphatic rings. The van der Waals surface area contributed by atoms with Crippen molar-refractivity contribution >= 4 is 23.5 Å². The van der Waals surface area contributed by atoms with Crippen LogP contribution in [-0.4, -0.2) is 47.0 Å². The predicted molar refractivity (Wildman–Crippen MR) is 146 cm³/mol. The zero-order valence-electron chi connectivity index (χ0n) is 21.8. The molecule has 0 aromatic heterocycles. The van der Waals surface area contributed by atoms with Gasteiger partial charge in [0, 0.05) is 37.4 Å². The third-order valence-corrected chi connectivity index (χ3v) is 7.09. The number of rotatable bonds is 9. The normalized spacial score (nSPS) is 17.6. The number of esters is 1. The van der Waals surface area contributed by atoms with Crippen LogP contribution in [0.25, 0.3) is 0 Å². The molecule has 38 heavy (non-hydrogen) atoms. The molecular formula is C31H34N2O5. The van der Waals surface area contributed by atoms with Crippen molar-refractivity contribution in [1.29, 1.82) is 0 Å². The molecule has 0 spiro atoms. The number of benzene rings is 3. The second-order valence-corrected chi connectivity index (χ2v) is 9.57. The average molecular weight is 515 g/mol. The molecule has 7 nitrogen and oxygen atoms in total. The molecule has 0 radical (unpaired) electrons. The smallest absolute Gasteiger partial charge is 0.305 e. The summed E-state index contributed by atoms with van der Waals surface area (Å²) in [5.74, 6) is -0.710. The van der Waals surface area contributed by atoms with Gasteiger partial charge in [0.05, 0.1) is 6.61 Å². The van der Waals surface area contributed by atoms with E-state index < -0.39 is 6.04 Å². The molecule has 3 atom stereocenters. The summed E-state index contributed by atoms with van der Waals surface area (Å²) in [6, 6.07) is 23.8. The number of aromatic hydroxyl groups is 1. The number of amides is 2. The van der Waals surface area contributed by atoms with E-state index >= 15 is 0 Å². The molecule has 3 unspecified atom stereocenters. The minimum absolute atomic E-state index is 0.0533. The minimum Gasteiger partial charge on any atom is -0.508 e. The fourth-order valence-corrected chi connectivity index (χ4v) is 5.30. The van der Waals surface area contributed by atoms with Crippen molar-refractivity contribution in [2.45, 2.75) is 51.0 Å². The van der Waals surface area contributed by atoms with E-state index in [2.05, 4.69) is 5.32 Å². The van der Waals surface area contributed by atoms with E-state index in [0.29, 0.717) is 31.7 Å². The first-order chi connectivity index (χ1) is 18.4. The Morgan fingerprint density at radius 3 is 2.39 bits per heavy atom. The van der Waals surface area contributed by atoms with Crippen LogP contribution in [0, 0.1) is 0 Å². The van der Waals surface area contributed by atoms with Gasteiger partial charge in [-0.05, 0) is 60.7 Å². The van der Waals surface area contributed by atoms with Gasteiger partial charge in [-0.3, -0.25) is 14.4 Å². The summed E-state index contributed by atoms with van der Waals surface area (Å²) in [4.78, 5) is 39.7. The van der Waals surface area contributed by atoms with Gasteiger partial charge < -0.3 is 20.1 Å². The molecule has 4 rings (SSSR count). The van der Waals surface area contributed by atoms with Crippen LogP contribution in [-0.2, 0) is 19.1 Å². The number of phenols is 1. The first-order valence-corrected chi connectivity index (χ1v) is 13.0. The molecule has 198 valence electrons. The summed E-state index contributed by atoms with van der Waals surface area (Å²) in [5.41, 5.74) is 3.59. The molecule has 2 amide bonds. The van der Waals surface area contributed by atoms with Crippen LogP contribution in [0.1, 0.15) is 61.6 Å². The predicted octanol–water partition coefficient (Wildman–Crippen LogP) is 5.21. The van der Waals surface area contributed by atoms with E-state index in [0.717, 1.165) is 16.7 Å². The molecule has 7 heteroatoms. The van der Waals surface area contributed by atoms with Gasteiger partial charge in [0.2, 0.25) is 11.8 Å². The van der Waals surface area contributed by atoms with Crippen molar-refractivity contribution in [3.05, 3.63) is 95.6 Å². The Hall–Kier alpha value is -4.13. The van der Waals surface area contributed by atoms with Gasteiger partial charge in [-0.1, -0.05) is 54.6 Å². The van der Waals surface area contributed by atoms with Crippen LogP contribution in [0.2, 0.25) is 0 Å². The van der Waals surface area contributed by atoms with Crippen LogP contribution in [0.5, 0.6) is 5.75 Å². The van der Waals surface area contributed by atoms with Crippen molar-refractivity contribution in [3.63, 3.8) is 0 Å². The topological polar surface area (TPSA) is 95.9 Å². The summed E-state index contributed by atoms with van der Waals surface area (Å²) < 4.78 is 5.14. The van der Waals surface area contributed by atoms with Gasteiger partial charge in [0.1, 0.15) is 11.8 Å². The Bertz CT molecular complexity index is 1260. The van der Waals surface area contributed by atoms with Crippen LogP contribution >= 0.6 is 0 Å². The summed E-state index contributed by atoms with van der Waals surface area (Å²) in [6.45, 7) is 4.11. The fourth-order valence-electron chi connectivity index (χ4n) is 5.30. The molecule has 1 saturated heterocycles. The Balaban J connectivity index is 1.57. The van der Waals surface area contributed by atoms with E-state index in [1.54, 1.807) is 36.1 Å². The van der Waals surface area contributed by atoms with Crippen LogP contribution in [0.15, 0.2) is 78.9 Å². The lowest BCUT2D eigenvalue weighted by Gasteiger charge is -2.27. The SMILES string of the molecule is CCOC(=O)CCC(c1ccccc1)c1cccc(NC(=O)C2C(c3ccc(O)cc3)CCN2C(C)=O)c1. The quantitative estimate of drug-likeness (QED) is 0.382. The van der Waals surface area contributed by atoms with Crippen molar-refractivity contribution in [2.75, 3.05) is 18.5 Å². The van der Waals surface area contributed by atoms with E-state index in [-0.39, 0.29) is 41.8 Å². The van der Waals surface area contributed by atoms with E-state index in [9.17, 15) is 19.5 Å². The molecule has 0 saturated carbocycles. The standard InChI is InChI=1S/C31H34N2O5/c1-3-38-29(36)17-16-27(22-8-5-4-6-9-22)24-10-7-11-25(20-24)32-31(37)30-28(18-19-33(30)21(2)34)23-12-14-26(35)15-13-23/h4-15,20,27-28,30,35H,3,16-19H2,1-2H3,(H,32,37). The van der Waals surface area contributed by atoms with E-state index in [1.165, 1.54) is 6.92 Å². The third kappa shape index (κ3) is 6.40. The highest BCUT2D eigenvalue weighted by molar-refractivity contribution is 5.98. The summed E-state index contributed by atoms with van der Waals surface area (Å²) in [5, 5.41) is 12.7. The molecule has 1 aliphatic heterocycles. The van der Waals surface area contributed by atoms with Gasteiger partial charge >= 0.3 is 5.97 Å². The number of nitrogens with one attached hydrogen (secondary N) is 1. The molecule has 0 aliphatic carbocycles. The van der Waals surface area contributed by atoms with E-state index in [4.69, 9.17) is 4.74 Å². The van der Waals surface area contributed by atoms with Gasteiger partial charge in [-0.15, -0.1) is 0 Å². The number of carbonyl (C=O) groups is 3. The molecule has 3 aromatic carbocycles. The first kappa shape index (κ1) is 26.9. The van der Waals surface area contributed by atoms with Crippen LogP contribution < -0.4 is 5.32 Å². The lowest BCUT2D eigenvalue weighted by molar-refractivity contribution is -0.143. The lowest BCUT2D eigenvalue weighted by atomic mass is 9.87. The van der Waals surface area contributed by atoms with Crippen LogP contribution in [0.3, 0.4) is 0 Å². The van der Waals surface area contributed by atoms with Gasteiger partial charge in [0.15, 0.2) is 0 Å². The molecule has 3 aromatic rings. The highest BCUT2D eigenvalue weighted by Gasteiger charge is 2.41. The maximum Gasteiger partial charge on any atom is 0.305 e. The molecular weight excluding hydrogens is 480 g/mol. The number of nitrogens with zero attached hydrogens (tertiary/aromatic N) is 1. The highest BCUT2D eigenvalue weighted by Crippen LogP contribution is 2.36. The fraction of sp³-hybridized carbons (Fsp3) is 0.323. The zero-order chi connectivity index (χ0) is 27.1. The van der Waals surface area contributed by atoms with Gasteiger partial charge in [-0.25, -0.2) is 0 Å². The number of hydrogen-bond acceptors (Lipinski definition) is 5. The number of ether oxygens (including phenoxy) is 1. The Kier molecular flexibility index (Phi) is 8.79. The Morgan fingerprint density at radius 2 is 1.71 bits per heavy atom. The number of anilines is 1. The monoisotopic (exact) mass is 514 g/mol. The zero-order valence-corrected chi connectivity index (χ0v) is 21.8. The Labute approximate surface area is 223 Å². The maximum absolute atomic E-state index is 13.6. The van der Waals surface area contributed by atoms with Crippen molar-refractivity contribution in [2.24, 2.45) is 0 Å². The molecule has 1 fully saturated rings. The van der Waals surface area contributed by atoms with Gasteiger partial charge in [0.25, 0.3) is 0 Å². The lowest BCUT2D eigenvalue weighted by Crippen LogP contribution is -2.44. The second-order valence-electron chi connectivity index (χ2n) is 9.57. The minimum atomic E-state index is -0.658. The number of hydrogen-bond donors (Lipinski definition) is 2. The number of phenolic OH excluding ortho intramolecular Hbond substituents is 1. The van der Waals surface area contributed by atoms with Crippen LogP contribution in [0.4, 0.5) is 5.69 Å². The van der Waals surface area contributed by atoms with Crippen molar-refractivity contribution in [3.8, 4) is 5.75 Å².